The van der Waals surface area contributed by atoms with E-state index >= 15 is 0 Å². The fourth-order valence-corrected chi connectivity index (χ4v) is 1.61. The Labute approximate surface area is 127 Å². The number of rotatable bonds is 7. The summed E-state index contributed by atoms with van der Waals surface area (Å²) in [6.45, 7) is 2.14. The fourth-order valence-electron chi connectivity index (χ4n) is 1.61. The second kappa shape index (κ2) is 10.9. The van der Waals surface area contributed by atoms with E-state index in [9.17, 15) is 9.59 Å². The van der Waals surface area contributed by atoms with Gasteiger partial charge in [-0.05, 0) is 6.42 Å². The van der Waals surface area contributed by atoms with Crippen LogP contribution in [0, 0.1) is 6.07 Å². The standard InChI is InChI=1S/C15H19O3.Zn/c1-2-3-4-5-9-12-14(16)18-15(17)13-10-7-6-8-11-13;/h6-7,10-11H,2-5,9,12H2,1H3;/q-1;. The molecule has 1 aromatic rings. The van der Waals surface area contributed by atoms with Crippen molar-refractivity contribution in [2.45, 2.75) is 45.4 Å². The van der Waals surface area contributed by atoms with Crippen molar-refractivity contribution < 1.29 is 33.8 Å². The van der Waals surface area contributed by atoms with Crippen molar-refractivity contribution in [1.29, 1.82) is 0 Å². The third kappa shape index (κ3) is 7.89. The first-order valence-electron chi connectivity index (χ1n) is 6.45. The minimum atomic E-state index is -0.592. The zero-order valence-electron chi connectivity index (χ0n) is 11.5. The van der Waals surface area contributed by atoms with Gasteiger partial charge in [-0.15, -0.1) is 0 Å². The average Bonchev–Trinajstić information content (AvgIpc) is 2.39. The molecule has 3 nitrogen and oxygen atoms in total. The van der Waals surface area contributed by atoms with Crippen LogP contribution in [0.2, 0.25) is 0 Å². The van der Waals surface area contributed by atoms with Crippen LogP contribution >= 0.6 is 0 Å². The van der Waals surface area contributed by atoms with Crippen molar-refractivity contribution in [1.82, 2.24) is 0 Å². The number of benzene rings is 1. The van der Waals surface area contributed by atoms with E-state index in [-0.39, 0.29) is 19.5 Å². The van der Waals surface area contributed by atoms with Crippen LogP contribution in [-0.2, 0) is 29.0 Å². The van der Waals surface area contributed by atoms with Crippen LogP contribution in [-0.4, -0.2) is 11.9 Å². The molecule has 0 aromatic heterocycles. The molecule has 0 unspecified atom stereocenters. The van der Waals surface area contributed by atoms with E-state index in [0.717, 1.165) is 19.3 Å². The maximum absolute atomic E-state index is 11.5. The molecule has 0 aliphatic heterocycles. The Morgan fingerprint density at radius 1 is 1.21 bits per heavy atom. The molecular weight excluding hydrogens is 294 g/mol. The average molecular weight is 313 g/mol. The van der Waals surface area contributed by atoms with Crippen molar-refractivity contribution in [3.05, 3.63) is 35.9 Å². The van der Waals surface area contributed by atoms with E-state index in [4.69, 9.17) is 4.74 Å². The second-order valence-corrected chi connectivity index (χ2v) is 4.22. The Morgan fingerprint density at radius 2 is 1.95 bits per heavy atom. The summed E-state index contributed by atoms with van der Waals surface area (Å²) in [5, 5.41) is 0. The molecule has 0 fully saturated rings. The van der Waals surface area contributed by atoms with Crippen LogP contribution in [0.5, 0.6) is 0 Å². The molecule has 0 aliphatic rings. The number of esters is 2. The van der Waals surface area contributed by atoms with Gasteiger partial charge >= 0.3 is 5.97 Å². The zero-order chi connectivity index (χ0) is 13.2. The summed E-state index contributed by atoms with van der Waals surface area (Å²) >= 11 is 0. The molecule has 19 heavy (non-hydrogen) atoms. The van der Waals surface area contributed by atoms with E-state index in [1.807, 2.05) is 0 Å². The topological polar surface area (TPSA) is 43.4 Å². The first-order chi connectivity index (χ1) is 8.74. The molecule has 0 heterocycles. The smallest absolute Gasteiger partial charge is 0.312 e. The van der Waals surface area contributed by atoms with Gasteiger partial charge in [-0.1, -0.05) is 38.2 Å². The third-order valence-corrected chi connectivity index (χ3v) is 2.63. The van der Waals surface area contributed by atoms with Crippen LogP contribution in [0.4, 0.5) is 0 Å². The van der Waals surface area contributed by atoms with Crippen LogP contribution in [0.3, 0.4) is 0 Å². The van der Waals surface area contributed by atoms with Crippen molar-refractivity contribution in [2.24, 2.45) is 0 Å². The van der Waals surface area contributed by atoms with Crippen LogP contribution in [0.1, 0.15) is 55.8 Å². The Morgan fingerprint density at radius 3 is 2.58 bits per heavy atom. The molecule has 0 aliphatic carbocycles. The number of carbonyl (C=O) groups excluding carboxylic acids is 2. The normalized spacial score (nSPS) is 9.53. The van der Waals surface area contributed by atoms with Gasteiger partial charge in [0.1, 0.15) is 0 Å². The van der Waals surface area contributed by atoms with Crippen molar-refractivity contribution in [3.8, 4) is 0 Å². The fraction of sp³-hybridized carbons (Fsp3) is 0.467. The summed E-state index contributed by atoms with van der Waals surface area (Å²) in [4.78, 5) is 22.9. The van der Waals surface area contributed by atoms with Crippen molar-refractivity contribution in [3.63, 3.8) is 0 Å². The molecule has 1 rings (SSSR count). The maximum atomic E-state index is 11.5. The number of hydrogen-bond donors (Lipinski definition) is 0. The van der Waals surface area contributed by atoms with Crippen LogP contribution in [0.25, 0.3) is 0 Å². The molecular formula is C15H19O3Zn-. The van der Waals surface area contributed by atoms with Gasteiger partial charge in [0.25, 0.3) is 5.97 Å². The number of carbonyl (C=O) groups is 2. The summed E-state index contributed by atoms with van der Waals surface area (Å²) in [7, 11) is 0. The Balaban J connectivity index is 0.00000324. The zero-order valence-corrected chi connectivity index (χ0v) is 14.5. The molecule has 0 spiro atoms. The van der Waals surface area contributed by atoms with Gasteiger partial charge in [0.2, 0.25) is 0 Å². The van der Waals surface area contributed by atoms with Gasteiger partial charge in [0.05, 0.1) is 0 Å². The summed E-state index contributed by atoms with van der Waals surface area (Å²) in [6, 6.07) is 9.26. The van der Waals surface area contributed by atoms with Crippen molar-refractivity contribution >= 4 is 11.9 Å². The Kier molecular flexibility index (Phi) is 10.3. The third-order valence-electron chi connectivity index (χ3n) is 2.63. The molecule has 1 aromatic carbocycles. The molecule has 0 amide bonds. The summed E-state index contributed by atoms with van der Waals surface area (Å²) in [5.74, 6) is -1.04. The quantitative estimate of drug-likeness (QED) is 0.254. The molecule has 4 heteroatoms. The first-order valence-corrected chi connectivity index (χ1v) is 6.45. The maximum Gasteiger partial charge on any atom is 0.312 e. The van der Waals surface area contributed by atoms with Gasteiger partial charge in [-0.2, -0.15) is 30.3 Å². The molecule has 0 bridgehead atoms. The predicted octanol–water partition coefficient (Wildman–Crippen LogP) is 3.53. The molecule has 0 N–H and O–H groups in total. The second-order valence-electron chi connectivity index (χ2n) is 4.22. The molecule has 0 radical (unpaired) electrons. The molecule has 100 valence electrons. The molecule has 0 saturated carbocycles. The Hall–Kier alpha value is -1.02. The van der Waals surface area contributed by atoms with Crippen LogP contribution < -0.4 is 0 Å². The molecule has 0 atom stereocenters. The predicted molar refractivity (Wildman–Crippen MR) is 69.1 cm³/mol. The first kappa shape index (κ1) is 18.0. The van der Waals surface area contributed by atoms with E-state index in [0.29, 0.717) is 12.0 Å². The summed E-state index contributed by atoms with van der Waals surface area (Å²) in [5.41, 5.74) is 0.358. The van der Waals surface area contributed by atoms with Crippen LogP contribution in [0.15, 0.2) is 24.3 Å². The van der Waals surface area contributed by atoms with E-state index < -0.39 is 11.9 Å². The minimum Gasteiger partial charge on any atom is -0.399 e. The minimum absolute atomic E-state index is 0. The number of unbranched alkanes of at least 4 members (excludes halogenated alkanes) is 4. The van der Waals surface area contributed by atoms with Gasteiger partial charge in [0.15, 0.2) is 0 Å². The SMILES string of the molecule is CCCCCCCC(=O)OC(=O)c1c[c-]ccc1.[Zn]. The number of hydrogen-bond acceptors (Lipinski definition) is 3. The van der Waals surface area contributed by atoms with Gasteiger partial charge in [0, 0.05) is 25.9 Å². The molecule has 0 saturated heterocycles. The van der Waals surface area contributed by atoms with Gasteiger partial charge in [-0.3, -0.25) is 9.59 Å². The summed E-state index contributed by atoms with van der Waals surface area (Å²) in [6.07, 6.45) is 5.60. The van der Waals surface area contributed by atoms with Gasteiger partial charge < -0.3 is 4.74 Å². The summed E-state index contributed by atoms with van der Waals surface area (Å²) < 4.78 is 4.75. The van der Waals surface area contributed by atoms with E-state index in [1.165, 1.54) is 18.9 Å². The van der Waals surface area contributed by atoms with E-state index in [2.05, 4.69) is 13.0 Å². The number of ether oxygens (including phenoxy) is 1. The van der Waals surface area contributed by atoms with Gasteiger partial charge in [-0.25, -0.2) is 0 Å². The van der Waals surface area contributed by atoms with Crippen molar-refractivity contribution in [2.75, 3.05) is 0 Å². The monoisotopic (exact) mass is 311 g/mol. The Bertz CT molecular complexity index is 376. The van der Waals surface area contributed by atoms with E-state index in [1.54, 1.807) is 18.2 Å². The largest absolute Gasteiger partial charge is 0.399 e.